The van der Waals surface area contributed by atoms with Crippen LogP contribution in [0.4, 0.5) is 0 Å². The second-order valence-electron chi connectivity index (χ2n) is 12.8. The predicted octanol–water partition coefficient (Wildman–Crippen LogP) is 8.12. The Kier molecular flexibility index (Phi) is 10.1. The Morgan fingerprint density at radius 2 is 1.53 bits per heavy atom. The van der Waals surface area contributed by atoms with Crippen LogP contribution in [0.3, 0.4) is 0 Å². The predicted molar refractivity (Wildman–Crippen MR) is 187 cm³/mol. The van der Waals surface area contributed by atoms with Gasteiger partial charge in [-0.25, -0.2) is 0 Å². The number of fused-ring (bicyclic) bond motifs is 1. The Morgan fingerprint density at radius 3 is 2.26 bits per heavy atom. The lowest BCUT2D eigenvalue weighted by molar-refractivity contribution is -0.276. The van der Waals surface area contributed by atoms with Gasteiger partial charge in [0.2, 0.25) is 5.91 Å². The summed E-state index contributed by atoms with van der Waals surface area (Å²) in [5.41, 5.74) is 7.40. The van der Waals surface area contributed by atoms with E-state index in [1.54, 1.807) is 0 Å². The first-order chi connectivity index (χ1) is 22.8. The number of likely N-dealkylation sites (N-methyl/N-ethyl adjacent to an activating group) is 1. The highest BCUT2D eigenvalue weighted by Crippen LogP contribution is 2.42. The molecule has 2 N–H and O–H groups in total. The topological polar surface area (TPSA) is 71.0 Å². The maximum Gasteiger partial charge on any atom is 0.217 e. The minimum Gasteiger partial charge on any atom is -0.392 e. The smallest absolute Gasteiger partial charge is 0.217 e. The van der Waals surface area contributed by atoms with Gasteiger partial charge in [0.25, 0.3) is 0 Å². The number of ether oxygens (including phenoxy) is 2. The molecule has 0 spiro atoms. The highest BCUT2D eigenvalue weighted by Gasteiger charge is 2.39. The molecule has 5 aromatic rings. The lowest BCUT2D eigenvalue weighted by Gasteiger charge is -2.43. The molecule has 1 heterocycles. The molecule has 1 amide bonds. The van der Waals surface area contributed by atoms with Gasteiger partial charge >= 0.3 is 0 Å². The monoisotopic (exact) mass is 628 g/mol. The summed E-state index contributed by atoms with van der Waals surface area (Å²) in [6, 6.07) is 40.0. The number of amides is 1. The Bertz CT molecular complexity index is 1800. The number of rotatable bonds is 10. The number of hydrogen-bond donors (Lipinski definition) is 2. The Labute approximate surface area is 278 Å². The summed E-state index contributed by atoms with van der Waals surface area (Å²) in [5.74, 6) is 0.0416. The molecule has 6 rings (SSSR count). The van der Waals surface area contributed by atoms with Crippen molar-refractivity contribution in [2.24, 2.45) is 5.92 Å². The van der Waals surface area contributed by atoms with E-state index in [1.807, 2.05) is 24.3 Å². The van der Waals surface area contributed by atoms with E-state index in [0.717, 1.165) is 39.9 Å². The van der Waals surface area contributed by atoms with E-state index < -0.39 is 6.29 Å². The molecule has 242 valence electrons. The number of carbonyl (C=O) groups excluding carboxylic acids is 1. The fourth-order valence-electron chi connectivity index (χ4n) is 6.41. The number of nitrogens with zero attached hydrogens (tertiary/aromatic N) is 1. The summed E-state index contributed by atoms with van der Waals surface area (Å²) in [4.78, 5) is 13.8. The minimum atomic E-state index is -0.539. The van der Waals surface area contributed by atoms with Crippen molar-refractivity contribution in [3.8, 4) is 11.1 Å². The molecule has 1 aliphatic heterocycles. The van der Waals surface area contributed by atoms with Gasteiger partial charge in [-0.05, 0) is 70.3 Å². The quantitative estimate of drug-likeness (QED) is 0.164. The molecule has 1 aliphatic rings. The lowest BCUT2D eigenvalue weighted by Crippen LogP contribution is -2.44. The van der Waals surface area contributed by atoms with Crippen LogP contribution < -0.4 is 5.32 Å². The molecule has 0 aliphatic carbocycles. The molecule has 0 unspecified atom stereocenters. The van der Waals surface area contributed by atoms with Crippen molar-refractivity contribution in [3.05, 3.63) is 143 Å². The van der Waals surface area contributed by atoms with Crippen molar-refractivity contribution in [1.29, 1.82) is 0 Å². The van der Waals surface area contributed by atoms with Crippen LogP contribution in [-0.2, 0) is 27.4 Å². The molecule has 0 bridgehead atoms. The third kappa shape index (κ3) is 7.64. The third-order valence-corrected chi connectivity index (χ3v) is 9.49. The molecular weight excluding hydrogens is 584 g/mol. The number of carbonyl (C=O) groups is 1. The van der Waals surface area contributed by atoms with Crippen LogP contribution >= 0.6 is 0 Å². The summed E-state index contributed by atoms with van der Waals surface area (Å²) < 4.78 is 13.5. The van der Waals surface area contributed by atoms with E-state index >= 15 is 0 Å². The molecular formula is C41H44N2O4. The molecule has 1 fully saturated rings. The van der Waals surface area contributed by atoms with Gasteiger partial charge in [-0.3, -0.25) is 9.69 Å². The van der Waals surface area contributed by atoms with E-state index in [-0.39, 0.29) is 36.7 Å². The standard InChI is InChI=1S/C41H44N2O4/c1-27-39(25-43(4)28(2)36-21-18-32-9-5-6-10-38(32)23-36)46-41(47-40(27)34-14-12-30(26-44)13-15-34)35-19-16-33(17-20-35)37-11-7-8-31(22-37)24-42-29(3)45/h5-23,27-28,39-41,44H,24-26H2,1-4H3,(H,42,45)/t27-,28-,39+,40+,41+/m1/s1. The first-order valence-electron chi connectivity index (χ1n) is 16.4. The van der Waals surface area contributed by atoms with Crippen LogP contribution in [0.1, 0.15) is 67.0 Å². The van der Waals surface area contributed by atoms with Crippen LogP contribution in [0.25, 0.3) is 21.9 Å². The summed E-state index contributed by atoms with van der Waals surface area (Å²) in [7, 11) is 2.17. The normalized spacial score (nSPS) is 20.3. The molecule has 5 atom stereocenters. The Balaban J connectivity index is 1.24. The molecule has 0 aromatic heterocycles. The zero-order valence-corrected chi connectivity index (χ0v) is 27.6. The SMILES string of the molecule is CC(=O)NCc1cccc(-c2ccc([C@H]3O[C@@H](CN(C)[C@H](C)c4ccc5ccccc5c4)[C@@H](C)[C@@H](c4ccc(CO)cc4)O3)cc2)c1. The number of aliphatic hydroxyl groups excluding tert-OH is 1. The fourth-order valence-corrected chi connectivity index (χ4v) is 6.41. The van der Waals surface area contributed by atoms with E-state index in [9.17, 15) is 9.90 Å². The fraction of sp³-hybridized carbons (Fsp3) is 0.293. The Hall–Kier alpha value is -4.33. The first kappa shape index (κ1) is 32.6. The van der Waals surface area contributed by atoms with Gasteiger partial charge in [0.1, 0.15) is 0 Å². The van der Waals surface area contributed by atoms with E-state index in [1.165, 1.54) is 23.3 Å². The average Bonchev–Trinajstić information content (AvgIpc) is 3.11. The largest absolute Gasteiger partial charge is 0.392 e. The second-order valence-corrected chi connectivity index (χ2v) is 12.8. The van der Waals surface area contributed by atoms with Gasteiger partial charge in [0.05, 0.1) is 18.8 Å². The maximum atomic E-state index is 11.4. The number of nitrogens with one attached hydrogen (secondary N) is 1. The van der Waals surface area contributed by atoms with Gasteiger partial charge in [-0.1, -0.05) is 110 Å². The van der Waals surface area contributed by atoms with Crippen LogP contribution in [0, 0.1) is 5.92 Å². The molecule has 0 radical (unpaired) electrons. The van der Waals surface area contributed by atoms with Gasteiger partial charge in [-0.2, -0.15) is 0 Å². The molecule has 0 saturated carbocycles. The third-order valence-electron chi connectivity index (χ3n) is 9.49. The van der Waals surface area contributed by atoms with Crippen molar-refractivity contribution in [3.63, 3.8) is 0 Å². The van der Waals surface area contributed by atoms with Crippen molar-refractivity contribution >= 4 is 16.7 Å². The summed E-state index contributed by atoms with van der Waals surface area (Å²) in [6.45, 7) is 7.23. The van der Waals surface area contributed by atoms with Gasteiger partial charge in [0.15, 0.2) is 6.29 Å². The zero-order chi connectivity index (χ0) is 32.9. The van der Waals surface area contributed by atoms with Gasteiger partial charge in [0, 0.05) is 37.5 Å². The summed E-state index contributed by atoms with van der Waals surface area (Å²) in [5, 5.41) is 15.0. The number of benzene rings is 5. The minimum absolute atomic E-state index is 0.00959. The van der Waals surface area contributed by atoms with Crippen molar-refractivity contribution in [1.82, 2.24) is 10.2 Å². The maximum absolute atomic E-state index is 11.4. The summed E-state index contributed by atoms with van der Waals surface area (Å²) in [6.07, 6.45) is -0.807. The second kappa shape index (κ2) is 14.6. The highest BCUT2D eigenvalue weighted by atomic mass is 16.7. The van der Waals surface area contributed by atoms with Crippen molar-refractivity contribution < 1.29 is 19.4 Å². The van der Waals surface area contributed by atoms with Gasteiger partial charge < -0.3 is 19.9 Å². The molecule has 5 aromatic carbocycles. The molecule has 47 heavy (non-hydrogen) atoms. The molecule has 6 nitrogen and oxygen atoms in total. The summed E-state index contributed by atoms with van der Waals surface area (Å²) >= 11 is 0. The van der Waals surface area contributed by atoms with Crippen LogP contribution in [-0.4, -0.2) is 35.6 Å². The van der Waals surface area contributed by atoms with Gasteiger partial charge in [-0.15, -0.1) is 0 Å². The van der Waals surface area contributed by atoms with Crippen molar-refractivity contribution in [2.45, 2.75) is 58.5 Å². The average molecular weight is 629 g/mol. The molecule has 6 heteroatoms. The van der Waals surface area contributed by atoms with Crippen LogP contribution in [0.2, 0.25) is 0 Å². The van der Waals surface area contributed by atoms with Crippen LogP contribution in [0.5, 0.6) is 0 Å². The molecule has 1 saturated heterocycles. The van der Waals surface area contributed by atoms with E-state index in [0.29, 0.717) is 6.54 Å². The number of aliphatic hydroxyl groups is 1. The zero-order valence-electron chi connectivity index (χ0n) is 27.6. The van der Waals surface area contributed by atoms with Crippen LogP contribution in [0.15, 0.2) is 115 Å². The highest BCUT2D eigenvalue weighted by molar-refractivity contribution is 5.83. The van der Waals surface area contributed by atoms with E-state index in [4.69, 9.17) is 9.47 Å². The van der Waals surface area contributed by atoms with Crippen molar-refractivity contribution in [2.75, 3.05) is 13.6 Å². The first-order valence-corrected chi connectivity index (χ1v) is 16.4. The Morgan fingerprint density at radius 1 is 0.809 bits per heavy atom. The number of hydrogen-bond acceptors (Lipinski definition) is 5. The van der Waals surface area contributed by atoms with E-state index in [2.05, 4.69) is 122 Å². The lowest BCUT2D eigenvalue weighted by atomic mass is 9.89.